The topological polar surface area (TPSA) is 55.2 Å². The van der Waals surface area contributed by atoms with Crippen LogP contribution in [0.25, 0.3) is 16.6 Å². The van der Waals surface area contributed by atoms with Gasteiger partial charge in [-0.05, 0) is 63.1 Å². The van der Waals surface area contributed by atoms with Crippen molar-refractivity contribution < 1.29 is 4.79 Å². The second-order valence-electron chi connectivity index (χ2n) is 7.47. The molecule has 0 spiro atoms. The summed E-state index contributed by atoms with van der Waals surface area (Å²) < 4.78 is 1.60. The summed E-state index contributed by atoms with van der Waals surface area (Å²) in [7, 11) is 0. The van der Waals surface area contributed by atoms with Crippen LogP contribution in [0, 0.1) is 6.92 Å². The van der Waals surface area contributed by atoms with E-state index in [1.165, 1.54) is 0 Å². The zero-order valence-corrected chi connectivity index (χ0v) is 17.7. The molecule has 152 valence electrons. The van der Waals surface area contributed by atoms with Gasteiger partial charge < -0.3 is 4.90 Å². The van der Waals surface area contributed by atoms with Crippen molar-refractivity contribution in [3.8, 4) is 5.69 Å². The van der Waals surface area contributed by atoms with E-state index in [9.17, 15) is 9.59 Å². The lowest BCUT2D eigenvalue weighted by molar-refractivity contribution is 0.0685. The Kier molecular flexibility index (Phi) is 6.47. The molecule has 0 N–H and O–H groups in total. The highest BCUT2D eigenvalue weighted by Crippen LogP contribution is 2.16. The lowest BCUT2D eigenvalue weighted by Gasteiger charge is -2.28. The number of unbranched alkanes of at least 4 members (excludes halogenated alkanes) is 1. The third-order valence-corrected chi connectivity index (χ3v) is 5.45. The molecule has 0 saturated heterocycles. The van der Waals surface area contributed by atoms with Crippen LogP contribution in [-0.4, -0.2) is 32.9 Å². The number of rotatable bonds is 7. The number of amides is 1. The molecular weight excluding hydrogens is 362 g/mol. The summed E-state index contributed by atoms with van der Waals surface area (Å²) in [6, 6.07) is 14.8. The van der Waals surface area contributed by atoms with Gasteiger partial charge in [0, 0.05) is 18.2 Å². The lowest BCUT2D eigenvalue weighted by Crippen LogP contribution is -2.39. The predicted octanol–water partition coefficient (Wildman–Crippen LogP) is 4.73. The van der Waals surface area contributed by atoms with E-state index in [1.54, 1.807) is 22.8 Å². The first-order chi connectivity index (χ1) is 14.0. The number of para-hydroxylation sites is 1. The molecule has 5 heteroatoms. The Morgan fingerprint density at radius 1 is 1.10 bits per heavy atom. The normalized spacial score (nSPS) is 12.1. The summed E-state index contributed by atoms with van der Waals surface area (Å²) in [5.74, 6) is 0.664. The maximum absolute atomic E-state index is 13.1. The minimum Gasteiger partial charge on any atom is -0.336 e. The van der Waals surface area contributed by atoms with Crippen LogP contribution in [0.2, 0.25) is 0 Å². The van der Waals surface area contributed by atoms with Crippen LogP contribution in [0.3, 0.4) is 0 Å². The summed E-state index contributed by atoms with van der Waals surface area (Å²) in [5.41, 5.74) is 1.95. The van der Waals surface area contributed by atoms with Crippen molar-refractivity contribution >= 4 is 16.8 Å². The highest BCUT2D eigenvalue weighted by atomic mass is 16.2. The van der Waals surface area contributed by atoms with Crippen molar-refractivity contribution in [2.45, 2.75) is 53.0 Å². The molecule has 0 saturated carbocycles. The molecule has 5 nitrogen and oxygen atoms in total. The van der Waals surface area contributed by atoms with E-state index < -0.39 is 0 Å². The van der Waals surface area contributed by atoms with Crippen molar-refractivity contribution in [3.05, 3.63) is 70.3 Å². The Bertz CT molecular complexity index is 1050. The predicted molar refractivity (Wildman–Crippen MR) is 118 cm³/mol. The number of fused-ring (bicyclic) bond motifs is 1. The van der Waals surface area contributed by atoms with Gasteiger partial charge in [0.15, 0.2) is 0 Å². The van der Waals surface area contributed by atoms with Crippen LogP contribution in [0.4, 0.5) is 0 Å². The minimum atomic E-state index is -0.101. The second-order valence-corrected chi connectivity index (χ2v) is 7.47. The van der Waals surface area contributed by atoms with Crippen LogP contribution in [0.15, 0.2) is 53.3 Å². The zero-order chi connectivity index (χ0) is 21.0. The molecule has 2 aromatic carbocycles. The molecule has 0 radical (unpaired) electrons. The maximum atomic E-state index is 13.1. The van der Waals surface area contributed by atoms with E-state index in [-0.39, 0.29) is 17.5 Å². The number of benzene rings is 2. The fraction of sp³-hybridized carbons (Fsp3) is 0.375. The van der Waals surface area contributed by atoms with Crippen LogP contribution in [0.1, 0.15) is 56.2 Å². The molecule has 1 amide bonds. The molecular formula is C24H29N3O2. The van der Waals surface area contributed by atoms with E-state index in [2.05, 4.69) is 25.8 Å². The fourth-order valence-electron chi connectivity index (χ4n) is 3.54. The Hall–Kier alpha value is -2.95. The van der Waals surface area contributed by atoms with Crippen LogP contribution >= 0.6 is 0 Å². The van der Waals surface area contributed by atoms with Gasteiger partial charge in [0.1, 0.15) is 5.82 Å². The molecule has 1 atom stereocenters. The molecule has 1 aromatic heterocycles. The van der Waals surface area contributed by atoms with Gasteiger partial charge in [-0.25, -0.2) is 4.98 Å². The summed E-state index contributed by atoms with van der Waals surface area (Å²) in [6.45, 7) is 8.90. The molecule has 1 unspecified atom stereocenters. The monoisotopic (exact) mass is 391 g/mol. The van der Waals surface area contributed by atoms with Crippen molar-refractivity contribution in [2.75, 3.05) is 6.54 Å². The third-order valence-electron chi connectivity index (χ3n) is 5.45. The smallest absolute Gasteiger partial charge is 0.265 e. The molecule has 0 aliphatic heterocycles. The molecule has 3 rings (SSSR count). The highest BCUT2D eigenvalue weighted by Gasteiger charge is 2.20. The zero-order valence-electron chi connectivity index (χ0n) is 17.7. The van der Waals surface area contributed by atoms with Gasteiger partial charge in [-0.3, -0.25) is 14.2 Å². The number of nitrogens with zero attached hydrogens (tertiary/aromatic N) is 3. The van der Waals surface area contributed by atoms with Gasteiger partial charge in [0.2, 0.25) is 0 Å². The Balaban J connectivity index is 1.95. The highest BCUT2D eigenvalue weighted by molar-refractivity contribution is 5.94. The average molecular weight is 392 g/mol. The van der Waals surface area contributed by atoms with Gasteiger partial charge in [0.25, 0.3) is 11.5 Å². The fourth-order valence-corrected chi connectivity index (χ4v) is 3.54. The summed E-state index contributed by atoms with van der Waals surface area (Å²) in [6.07, 6.45) is 2.96. The van der Waals surface area contributed by atoms with E-state index >= 15 is 0 Å². The largest absolute Gasteiger partial charge is 0.336 e. The number of hydrogen-bond acceptors (Lipinski definition) is 3. The van der Waals surface area contributed by atoms with E-state index in [4.69, 9.17) is 0 Å². The average Bonchev–Trinajstić information content (AvgIpc) is 2.74. The van der Waals surface area contributed by atoms with Crippen LogP contribution in [-0.2, 0) is 0 Å². The van der Waals surface area contributed by atoms with Gasteiger partial charge in [0.05, 0.1) is 16.6 Å². The first-order valence-corrected chi connectivity index (χ1v) is 10.4. The van der Waals surface area contributed by atoms with E-state index in [1.807, 2.05) is 42.2 Å². The van der Waals surface area contributed by atoms with Crippen molar-refractivity contribution in [1.29, 1.82) is 0 Å². The number of hydrogen-bond donors (Lipinski definition) is 0. The van der Waals surface area contributed by atoms with E-state index in [0.717, 1.165) is 25.8 Å². The molecule has 0 aliphatic rings. The first-order valence-electron chi connectivity index (χ1n) is 10.4. The van der Waals surface area contributed by atoms with Crippen molar-refractivity contribution in [3.63, 3.8) is 0 Å². The molecule has 0 bridgehead atoms. The molecule has 3 aromatic rings. The van der Waals surface area contributed by atoms with Gasteiger partial charge >= 0.3 is 0 Å². The first kappa shape index (κ1) is 20.8. The summed E-state index contributed by atoms with van der Waals surface area (Å²) in [4.78, 5) is 32.5. The number of aryl methyl sites for hydroxylation is 1. The SMILES string of the molecule is CCCCN(C(=O)c1ccc(-n2c(C)nc3ccccc3c2=O)cc1)C(C)CC. The second kappa shape index (κ2) is 9.03. The van der Waals surface area contributed by atoms with Gasteiger partial charge in [-0.2, -0.15) is 0 Å². The molecule has 0 fully saturated rings. The summed E-state index contributed by atoms with van der Waals surface area (Å²) in [5, 5.41) is 0.584. The number of aromatic nitrogens is 2. The standard InChI is InChI=1S/C24H29N3O2/c1-5-7-16-26(17(3)6-2)23(28)19-12-14-20(15-13-19)27-18(4)25-22-11-9-8-10-21(22)24(27)29/h8-15,17H,5-7,16H2,1-4H3. The third kappa shape index (κ3) is 4.24. The van der Waals surface area contributed by atoms with Crippen LogP contribution in [0.5, 0.6) is 0 Å². The van der Waals surface area contributed by atoms with Crippen molar-refractivity contribution in [2.24, 2.45) is 0 Å². The lowest BCUT2D eigenvalue weighted by atomic mass is 10.1. The molecule has 1 heterocycles. The van der Waals surface area contributed by atoms with Crippen LogP contribution < -0.4 is 5.56 Å². The Labute approximate surface area is 172 Å². The van der Waals surface area contributed by atoms with E-state index in [0.29, 0.717) is 28.0 Å². The Morgan fingerprint density at radius 3 is 2.45 bits per heavy atom. The minimum absolute atomic E-state index is 0.0417. The molecule has 0 aliphatic carbocycles. The maximum Gasteiger partial charge on any atom is 0.265 e. The van der Waals surface area contributed by atoms with Gasteiger partial charge in [-0.15, -0.1) is 0 Å². The molecule has 29 heavy (non-hydrogen) atoms. The Morgan fingerprint density at radius 2 is 1.79 bits per heavy atom. The number of carbonyl (C=O) groups excluding carboxylic acids is 1. The van der Waals surface area contributed by atoms with Crippen molar-refractivity contribution in [1.82, 2.24) is 14.5 Å². The quantitative estimate of drug-likeness (QED) is 0.585. The summed E-state index contributed by atoms with van der Waals surface area (Å²) >= 11 is 0. The van der Waals surface area contributed by atoms with Gasteiger partial charge in [-0.1, -0.05) is 32.4 Å². The number of carbonyl (C=O) groups is 1.